The first-order valence-electron chi connectivity index (χ1n) is 7.03. The van der Waals surface area contributed by atoms with Gasteiger partial charge < -0.3 is 10.1 Å². The van der Waals surface area contributed by atoms with Crippen LogP contribution in [0, 0.1) is 0 Å². The third-order valence-electron chi connectivity index (χ3n) is 3.06. The minimum absolute atomic E-state index is 0. The molecule has 0 unspecified atom stereocenters. The number of benzene rings is 1. The molecule has 0 fully saturated rings. The summed E-state index contributed by atoms with van der Waals surface area (Å²) in [5, 5.41) is 3.39. The van der Waals surface area contributed by atoms with E-state index in [2.05, 4.69) is 26.3 Å². The third-order valence-corrected chi connectivity index (χ3v) is 3.06. The molecule has 2 heterocycles. The number of nitrogens with one attached hydrogen (secondary N) is 1. The first-order chi connectivity index (χ1) is 10.9. The van der Waals surface area contributed by atoms with Crippen LogP contribution in [0.2, 0.25) is 0 Å². The van der Waals surface area contributed by atoms with Crippen molar-refractivity contribution in [2.45, 2.75) is 13.1 Å². The lowest BCUT2D eigenvalue weighted by atomic mass is 10.2. The Balaban J connectivity index is 0.00000192. The van der Waals surface area contributed by atoms with Crippen molar-refractivity contribution >= 4 is 12.4 Å². The number of rotatable bonds is 6. The molecular weight excluding hydrogens is 312 g/mol. The van der Waals surface area contributed by atoms with Crippen molar-refractivity contribution in [3.8, 4) is 11.8 Å². The van der Waals surface area contributed by atoms with E-state index in [9.17, 15) is 0 Å². The van der Waals surface area contributed by atoms with Crippen molar-refractivity contribution < 1.29 is 4.74 Å². The van der Waals surface area contributed by atoms with Gasteiger partial charge in [0.25, 0.3) is 0 Å². The Morgan fingerprint density at radius 3 is 2.35 bits per heavy atom. The van der Waals surface area contributed by atoms with Crippen LogP contribution in [-0.2, 0) is 13.1 Å². The standard InChI is InChI=1S/C17H16N4O.ClH/c1-3-15(13-19-12-14-5-9-18-10-6-14)11-16(4-1)22-17-20-7-2-8-21-17;/h1-11,19H,12-13H2;1H. The van der Waals surface area contributed by atoms with E-state index in [0.29, 0.717) is 6.01 Å². The van der Waals surface area contributed by atoms with Crippen molar-refractivity contribution in [2.75, 3.05) is 0 Å². The molecule has 6 heteroatoms. The minimum atomic E-state index is 0. The van der Waals surface area contributed by atoms with E-state index in [4.69, 9.17) is 4.74 Å². The van der Waals surface area contributed by atoms with Gasteiger partial charge in [-0.25, -0.2) is 9.97 Å². The molecule has 3 aromatic rings. The van der Waals surface area contributed by atoms with Crippen molar-refractivity contribution in [2.24, 2.45) is 0 Å². The monoisotopic (exact) mass is 328 g/mol. The zero-order valence-electron chi connectivity index (χ0n) is 12.4. The highest BCUT2D eigenvalue weighted by molar-refractivity contribution is 5.85. The zero-order chi connectivity index (χ0) is 15.0. The normalized spacial score (nSPS) is 9.91. The van der Waals surface area contributed by atoms with E-state index in [1.165, 1.54) is 5.56 Å². The van der Waals surface area contributed by atoms with Crippen LogP contribution in [0.1, 0.15) is 11.1 Å². The lowest BCUT2D eigenvalue weighted by molar-refractivity contribution is 0.441. The van der Waals surface area contributed by atoms with Gasteiger partial charge in [0, 0.05) is 37.9 Å². The maximum Gasteiger partial charge on any atom is 0.321 e. The second kappa shape index (κ2) is 8.82. The lowest BCUT2D eigenvalue weighted by Crippen LogP contribution is -2.12. The highest BCUT2D eigenvalue weighted by Crippen LogP contribution is 2.18. The Hall–Kier alpha value is -2.50. The van der Waals surface area contributed by atoms with Crippen molar-refractivity contribution in [3.63, 3.8) is 0 Å². The first kappa shape index (κ1) is 16.9. The van der Waals surface area contributed by atoms with Gasteiger partial charge in [0.15, 0.2) is 0 Å². The Labute approximate surface area is 141 Å². The number of hydrogen-bond donors (Lipinski definition) is 1. The van der Waals surface area contributed by atoms with Gasteiger partial charge in [0.1, 0.15) is 5.75 Å². The summed E-state index contributed by atoms with van der Waals surface area (Å²) in [6.07, 6.45) is 6.90. The third kappa shape index (κ3) is 5.32. The topological polar surface area (TPSA) is 59.9 Å². The molecule has 0 radical (unpaired) electrons. The number of aromatic nitrogens is 3. The number of nitrogens with zero attached hydrogens (tertiary/aromatic N) is 3. The quantitative estimate of drug-likeness (QED) is 0.751. The summed E-state index contributed by atoms with van der Waals surface area (Å²) in [5.74, 6) is 0.731. The summed E-state index contributed by atoms with van der Waals surface area (Å²) >= 11 is 0. The molecule has 0 saturated heterocycles. The Bertz CT molecular complexity index is 710. The average molecular weight is 329 g/mol. The predicted octanol–water partition coefficient (Wildman–Crippen LogP) is 3.38. The molecule has 0 aliphatic rings. The first-order valence-corrected chi connectivity index (χ1v) is 7.03. The number of pyridine rings is 1. The van der Waals surface area contributed by atoms with E-state index < -0.39 is 0 Å². The van der Waals surface area contributed by atoms with E-state index in [0.717, 1.165) is 24.4 Å². The molecular formula is C17H17ClN4O. The summed E-state index contributed by atoms with van der Waals surface area (Å²) < 4.78 is 5.63. The van der Waals surface area contributed by atoms with Crippen LogP contribution in [0.5, 0.6) is 11.8 Å². The summed E-state index contributed by atoms with van der Waals surface area (Å²) in [6.45, 7) is 1.56. The van der Waals surface area contributed by atoms with Gasteiger partial charge in [-0.05, 0) is 41.5 Å². The van der Waals surface area contributed by atoms with Crippen LogP contribution in [0.15, 0.2) is 67.3 Å². The van der Waals surface area contributed by atoms with Gasteiger partial charge in [0.2, 0.25) is 0 Å². The summed E-state index contributed by atoms with van der Waals surface area (Å²) in [7, 11) is 0. The molecule has 5 nitrogen and oxygen atoms in total. The zero-order valence-corrected chi connectivity index (χ0v) is 13.2. The molecule has 0 aliphatic heterocycles. The Morgan fingerprint density at radius 2 is 1.57 bits per heavy atom. The molecule has 0 atom stereocenters. The van der Waals surface area contributed by atoms with E-state index in [1.807, 2.05) is 30.3 Å². The van der Waals surface area contributed by atoms with Gasteiger partial charge in [-0.2, -0.15) is 0 Å². The van der Waals surface area contributed by atoms with Crippen LogP contribution >= 0.6 is 12.4 Å². The van der Waals surface area contributed by atoms with E-state index in [-0.39, 0.29) is 12.4 Å². The van der Waals surface area contributed by atoms with Crippen LogP contribution < -0.4 is 10.1 Å². The van der Waals surface area contributed by atoms with E-state index >= 15 is 0 Å². The van der Waals surface area contributed by atoms with Crippen molar-refractivity contribution in [1.29, 1.82) is 0 Å². The number of ether oxygens (including phenoxy) is 1. The molecule has 0 aliphatic carbocycles. The van der Waals surface area contributed by atoms with Crippen LogP contribution in [-0.4, -0.2) is 15.0 Å². The van der Waals surface area contributed by atoms with Gasteiger partial charge in [-0.1, -0.05) is 12.1 Å². The highest BCUT2D eigenvalue weighted by Gasteiger charge is 2.01. The fourth-order valence-corrected chi connectivity index (χ4v) is 2.01. The number of hydrogen-bond acceptors (Lipinski definition) is 5. The molecule has 0 bridgehead atoms. The molecule has 2 aromatic heterocycles. The smallest absolute Gasteiger partial charge is 0.321 e. The minimum Gasteiger partial charge on any atom is -0.424 e. The maximum atomic E-state index is 5.63. The fourth-order valence-electron chi connectivity index (χ4n) is 2.01. The molecule has 0 amide bonds. The predicted molar refractivity (Wildman–Crippen MR) is 90.6 cm³/mol. The summed E-state index contributed by atoms with van der Waals surface area (Å²) in [5.41, 5.74) is 2.35. The van der Waals surface area contributed by atoms with Crippen LogP contribution in [0.25, 0.3) is 0 Å². The van der Waals surface area contributed by atoms with Crippen molar-refractivity contribution in [1.82, 2.24) is 20.3 Å². The molecule has 0 spiro atoms. The van der Waals surface area contributed by atoms with Gasteiger partial charge in [-0.3, -0.25) is 4.98 Å². The van der Waals surface area contributed by atoms with Crippen molar-refractivity contribution in [3.05, 3.63) is 78.4 Å². The summed E-state index contributed by atoms with van der Waals surface area (Å²) in [4.78, 5) is 12.1. The molecule has 1 N–H and O–H groups in total. The number of halogens is 1. The Kier molecular flexibility index (Phi) is 6.47. The molecule has 3 rings (SSSR count). The largest absolute Gasteiger partial charge is 0.424 e. The SMILES string of the molecule is Cl.c1cnc(Oc2cccc(CNCc3ccncc3)c2)nc1. The maximum absolute atomic E-state index is 5.63. The highest BCUT2D eigenvalue weighted by atomic mass is 35.5. The van der Waals surface area contributed by atoms with Gasteiger partial charge >= 0.3 is 6.01 Å². The van der Waals surface area contributed by atoms with Crippen LogP contribution in [0.3, 0.4) is 0 Å². The second-order valence-corrected chi connectivity index (χ2v) is 4.74. The fraction of sp³-hybridized carbons (Fsp3) is 0.118. The molecule has 0 saturated carbocycles. The van der Waals surface area contributed by atoms with E-state index in [1.54, 1.807) is 30.9 Å². The molecule has 1 aromatic carbocycles. The molecule has 23 heavy (non-hydrogen) atoms. The van der Waals surface area contributed by atoms with Crippen LogP contribution in [0.4, 0.5) is 0 Å². The average Bonchev–Trinajstić information content (AvgIpc) is 2.57. The van der Waals surface area contributed by atoms with Gasteiger partial charge in [-0.15, -0.1) is 12.4 Å². The lowest BCUT2D eigenvalue weighted by Gasteiger charge is -2.07. The molecule has 118 valence electrons. The Morgan fingerprint density at radius 1 is 0.826 bits per heavy atom. The summed E-state index contributed by atoms with van der Waals surface area (Å²) in [6, 6.07) is 14.0. The second-order valence-electron chi connectivity index (χ2n) is 4.74. The van der Waals surface area contributed by atoms with Gasteiger partial charge in [0.05, 0.1) is 0 Å².